The van der Waals surface area contributed by atoms with Gasteiger partial charge in [-0.1, -0.05) is 41.4 Å². The number of carbonyl (C=O) groups excluding carboxylic acids is 1. The largest absolute Gasteiger partial charge is 0.352 e. The van der Waals surface area contributed by atoms with Crippen molar-refractivity contribution in [2.45, 2.75) is 37.0 Å². The molecule has 1 amide bonds. The Balaban J connectivity index is 1.61. The highest BCUT2D eigenvalue weighted by molar-refractivity contribution is 7.92. The first-order valence-corrected chi connectivity index (χ1v) is 11.2. The summed E-state index contributed by atoms with van der Waals surface area (Å²) in [6.45, 7) is 0.559. The predicted molar refractivity (Wildman–Crippen MR) is 112 cm³/mol. The Kier molecular flexibility index (Phi) is 6.75. The number of halogens is 1. The van der Waals surface area contributed by atoms with Crippen LogP contribution in [0.5, 0.6) is 0 Å². The maximum atomic E-state index is 12.4. The molecule has 0 saturated heterocycles. The van der Waals surface area contributed by atoms with Crippen molar-refractivity contribution in [2.75, 3.05) is 11.3 Å². The highest BCUT2D eigenvalue weighted by atomic mass is 35.5. The van der Waals surface area contributed by atoms with E-state index in [-0.39, 0.29) is 15.8 Å². The van der Waals surface area contributed by atoms with E-state index in [0.717, 1.165) is 19.3 Å². The summed E-state index contributed by atoms with van der Waals surface area (Å²) in [6, 6.07) is 12.6. The van der Waals surface area contributed by atoms with E-state index in [9.17, 15) is 13.2 Å². The third-order valence-corrected chi connectivity index (χ3v) is 6.35. The fraction of sp³-hybridized carbons (Fsp3) is 0.286. The highest BCUT2D eigenvalue weighted by Crippen LogP contribution is 2.24. The van der Waals surface area contributed by atoms with Crippen molar-refractivity contribution in [1.82, 2.24) is 5.32 Å². The van der Waals surface area contributed by atoms with Crippen LogP contribution in [0.4, 0.5) is 5.69 Å². The van der Waals surface area contributed by atoms with E-state index in [0.29, 0.717) is 17.8 Å². The number of anilines is 1. The molecule has 2 aromatic carbocycles. The zero-order chi connectivity index (χ0) is 20.0. The Bertz CT molecular complexity index is 972. The van der Waals surface area contributed by atoms with Gasteiger partial charge in [0.1, 0.15) is 0 Å². The molecule has 0 atom stereocenters. The van der Waals surface area contributed by atoms with E-state index >= 15 is 0 Å². The normalized spacial score (nSPS) is 14.2. The number of benzene rings is 2. The summed E-state index contributed by atoms with van der Waals surface area (Å²) in [7, 11) is -3.71. The second kappa shape index (κ2) is 9.26. The Morgan fingerprint density at radius 3 is 2.54 bits per heavy atom. The molecule has 2 N–H and O–H groups in total. The van der Waals surface area contributed by atoms with Crippen molar-refractivity contribution in [3.63, 3.8) is 0 Å². The van der Waals surface area contributed by atoms with Gasteiger partial charge in [-0.15, -0.1) is 0 Å². The molecule has 28 heavy (non-hydrogen) atoms. The molecule has 0 heterocycles. The first-order valence-electron chi connectivity index (χ1n) is 9.29. The summed E-state index contributed by atoms with van der Waals surface area (Å²) in [4.78, 5) is 12.5. The standard InChI is InChI=1S/C21H23ClN2O3S/c22-20-15-17(24-28(26,27)18-9-5-2-6-10-18)11-12-19(20)21(25)23-14-13-16-7-3-1-4-8-16/h2,5-7,9-12,15,24H,1,3-4,8,13-14H2,(H,23,25). The summed E-state index contributed by atoms with van der Waals surface area (Å²) in [5.41, 5.74) is 2.02. The van der Waals surface area contributed by atoms with E-state index < -0.39 is 10.0 Å². The number of sulfonamides is 1. The fourth-order valence-electron chi connectivity index (χ4n) is 3.14. The molecule has 0 fully saturated rings. The van der Waals surface area contributed by atoms with Gasteiger partial charge in [-0.05, 0) is 62.4 Å². The lowest BCUT2D eigenvalue weighted by atomic mass is 9.97. The lowest BCUT2D eigenvalue weighted by Gasteiger charge is -2.13. The van der Waals surface area contributed by atoms with Crippen LogP contribution in [0.3, 0.4) is 0 Å². The van der Waals surface area contributed by atoms with Crippen LogP contribution in [0.1, 0.15) is 42.5 Å². The van der Waals surface area contributed by atoms with Crippen molar-refractivity contribution in [1.29, 1.82) is 0 Å². The van der Waals surface area contributed by atoms with Crippen LogP contribution in [0.2, 0.25) is 5.02 Å². The Morgan fingerprint density at radius 1 is 1.07 bits per heavy atom. The van der Waals surface area contributed by atoms with Crippen molar-refractivity contribution in [3.05, 3.63) is 70.8 Å². The van der Waals surface area contributed by atoms with Gasteiger partial charge in [0.25, 0.3) is 15.9 Å². The van der Waals surface area contributed by atoms with Crippen molar-refractivity contribution in [3.8, 4) is 0 Å². The van der Waals surface area contributed by atoms with E-state index in [1.807, 2.05) is 0 Å². The topological polar surface area (TPSA) is 75.3 Å². The number of amides is 1. The maximum absolute atomic E-state index is 12.4. The third-order valence-electron chi connectivity index (χ3n) is 4.64. The van der Waals surface area contributed by atoms with Gasteiger partial charge in [0.05, 0.1) is 21.2 Å². The minimum Gasteiger partial charge on any atom is -0.352 e. The van der Waals surface area contributed by atoms with E-state index in [4.69, 9.17) is 11.6 Å². The van der Waals surface area contributed by atoms with Crippen LogP contribution in [-0.4, -0.2) is 20.9 Å². The molecule has 0 unspecified atom stereocenters. The van der Waals surface area contributed by atoms with Gasteiger partial charge in [-0.3, -0.25) is 9.52 Å². The molecule has 0 aliphatic heterocycles. The minimum atomic E-state index is -3.71. The highest BCUT2D eigenvalue weighted by Gasteiger charge is 2.16. The van der Waals surface area contributed by atoms with Crippen LogP contribution in [0.25, 0.3) is 0 Å². The lowest BCUT2D eigenvalue weighted by molar-refractivity contribution is 0.0954. The predicted octanol–water partition coefficient (Wildman–Crippen LogP) is 4.76. The van der Waals surface area contributed by atoms with Crippen LogP contribution in [0.15, 0.2) is 65.1 Å². The van der Waals surface area contributed by atoms with Gasteiger partial charge in [-0.2, -0.15) is 0 Å². The van der Waals surface area contributed by atoms with Gasteiger partial charge in [0, 0.05) is 6.54 Å². The monoisotopic (exact) mass is 418 g/mol. The second-order valence-corrected chi connectivity index (χ2v) is 8.82. The quantitative estimate of drug-likeness (QED) is 0.636. The van der Waals surface area contributed by atoms with E-state index in [1.165, 1.54) is 48.7 Å². The molecule has 0 saturated carbocycles. The van der Waals surface area contributed by atoms with Crippen molar-refractivity contribution < 1.29 is 13.2 Å². The number of nitrogens with one attached hydrogen (secondary N) is 2. The Hall–Kier alpha value is -2.31. The molecule has 2 aromatic rings. The summed E-state index contributed by atoms with van der Waals surface area (Å²) in [6.07, 6.45) is 7.79. The molecule has 0 radical (unpaired) electrons. The lowest BCUT2D eigenvalue weighted by Crippen LogP contribution is -2.25. The van der Waals surface area contributed by atoms with Gasteiger partial charge in [0.2, 0.25) is 0 Å². The number of hydrogen-bond acceptors (Lipinski definition) is 3. The Labute approximate surface area is 170 Å². The second-order valence-electron chi connectivity index (χ2n) is 6.73. The minimum absolute atomic E-state index is 0.157. The number of hydrogen-bond donors (Lipinski definition) is 2. The van der Waals surface area contributed by atoms with Gasteiger partial charge in [0.15, 0.2) is 0 Å². The van der Waals surface area contributed by atoms with Gasteiger partial charge in [-0.25, -0.2) is 8.42 Å². The average molecular weight is 419 g/mol. The van der Waals surface area contributed by atoms with Crippen LogP contribution in [0, 0.1) is 0 Å². The Morgan fingerprint density at radius 2 is 1.86 bits per heavy atom. The number of rotatable bonds is 7. The van der Waals surface area contributed by atoms with Gasteiger partial charge >= 0.3 is 0 Å². The summed E-state index contributed by atoms with van der Waals surface area (Å²) < 4.78 is 27.2. The molecular formula is C21H23ClN2O3S. The number of allylic oxidation sites excluding steroid dienone is 1. The van der Waals surface area contributed by atoms with Crippen LogP contribution in [-0.2, 0) is 10.0 Å². The third kappa shape index (κ3) is 5.36. The summed E-state index contributed by atoms with van der Waals surface area (Å²) in [5.74, 6) is -0.265. The van der Waals surface area contributed by atoms with E-state index in [1.54, 1.807) is 18.2 Å². The zero-order valence-electron chi connectivity index (χ0n) is 15.4. The van der Waals surface area contributed by atoms with Crippen LogP contribution >= 0.6 is 11.6 Å². The number of carbonyl (C=O) groups is 1. The average Bonchev–Trinajstić information content (AvgIpc) is 2.69. The molecule has 1 aliphatic rings. The van der Waals surface area contributed by atoms with Crippen molar-refractivity contribution in [2.24, 2.45) is 0 Å². The maximum Gasteiger partial charge on any atom is 0.261 e. The molecule has 3 rings (SSSR count). The van der Waals surface area contributed by atoms with Crippen LogP contribution < -0.4 is 10.0 Å². The molecule has 148 valence electrons. The molecule has 0 aromatic heterocycles. The smallest absolute Gasteiger partial charge is 0.261 e. The fourth-order valence-corrected chi connectivity index (χ4v) is 4.48. The van der Waals surface area contributed by atoms with Gasteiger partial charge < -0.3 is 5.32 Å². The SMILES string of the molecule is O=C(NCCC1=CCCCC1)c1ccc(NS(=O)(=O)c2ccccc2)cc1Cl. The zero-order valence-corrected chi connectivity index (χ0v) is 17.0. The molecule has 0 bridgehead atoms. The van der Waals surface area contributed by atoms with Crippen molar-refractivity contribution >= 4 is 33.2 Å². The first kappa shape index (κ1) is 20.4. The van der Waals surface area contributed by atoms with E-state index in [2.05, 4.69) is 16.1 Å². The molecule has 7 heteroatoms. The first-order chi connectivity index (χ1) is 13.5. The molecule has 0 spiro atoms. The molecular weight excluding hydrogens is 396 g/mol. The summed E-state index contributed by atoms with van der Waals surface area (Å²) in [5, 5.41) is 3.07. The molecule has 5 nitrogen and oxygen atoms in total. The summed E-state index contributed by atoms with van der Waals surface area (Å²) >= 11 is 6.22. The molecule has 1 aliphatic carbocycles.